The molecule has 0 bridgehead atoms. The second-order valence-electron chi connectivity index (χ2n) is 5.69. The molecule has 15 heavy (non-hydrogen) atoms. The molecule has 1 atom stereocenters. The van der Waals surface area contributed by atoms with E-state index in [2.05, 4.69) is 0 Å². The van der Waals surface area contributed by atoms with Crippen molar-refractivity contribution in [1.82, 2.24) is 0 Å². The Balaban J connectivity index is 1.67. The van der Waals surface area contributed by atoms with E-state index in [1.54, 1.807) is 0 Å². The molecule has 0 radical (unpaired) electrons. The SMILES string of the molecule is OC(CCC1CC1)C1CCCCCCC1. The van der Waals surface area contributed by atoms with E-state index in [4.69, 9.17) is 0 Å². The Morgan fingerprint density at radius 1 is 0.867 bits per heavy atom. The molecule has 2 rings (SSSR count). The van der Waals surface area contributed by atoms with Gasteiger partial charge in [0.2, 0.25) is 0 Å². The first-order chi connectivity index (χ1) is 7.36. The molecule has 0 aliphatic heterocycles. The lowest BCUT2D eigenvalue weighted by Gasteiger charge is -2.24. The van der Waals surface area contributed by atoms with Crippen molar-refractivity contribution in [1.29, 1.82) is 0 Å². The molecular formula is C14H26O. The molecule has 2 aliphatic rings. The number of rotatable bonds is 4. The lowest BCUT2D eigenvalue weighted by molar-refractivity contribution is 0.0799. The molecule has 2 fully saturated rings. The van der Waals surface area contributed by atoms with Crippen LogP contribution in [0.4, 0.5) is 0 Å². The Labute approximate surface area is 94.3 Å². The van der Waals surface area contributed by atoms with Crippen LogP contribution in [0.25, 0.3) is 0 Å². The predicted molar refractivity (Wildman–Crippen MR) is 63.8 cm³/mol. The van der Waals surface area contributed by atoms with Gasteiger partial charge < -0.3 is 5.11 Å². The van der Waals surface area contributed by atoms with Crippen LogP contribution in [0.15, 0.2) is 0 Å². The second-order valence-corrected chi connectivity index (χ2v) is 5.69. The van der Waals surface area contributed by atoms with Gasteiger partial charge in [0.25, 0.3) is 0 Å². The van der Waals surface area contributed by atoms with Gasteiger partial charge in [-0.05, 0) is 37.5 Å². The molecule has 0 aromatic heterocycles. The highest BCUT2D eigenvalue weighted by Crippen LogP contribution is 2.35. The van der Waals surface area contributed by atoms with Gasteiger partial charge in [-0.25, -0.2) is 0 Å². The van der Waals surface area contributed by atoms with Gasteiger partial charge in [0.1, 0.15) is 0 Å². The molecule has 0 aromatic carbocycles. The molecule has 0 saturated heterocycles. The van der Waals surface area contributed by atoms with Gasteiger partial charge in [0, 0.05) is 0 Å². The Kier molecular flexibility index (Phi) is 4.49. The van der Waals surface area contributed by atoms with Gasteiger partial charge in [-0.1, -0.05) is 44.9 Å². The fourth-order valence-corrected chi connectivity index (χ4v) is 2.92. The first kappa shape index (κ1) is 11.4. The normalized spacial score (nSPS) is 27.0. The Morgan fingerprint density at radius 3 is 2.07 bits per heavy atom. The summed E-state index contributed by atoms with van der Waals surface area (Å²) >= 11 is 0. The largest absolute Gasteiger partial charge is 0.393 e. The number of hydrogen-bond acceptors (Lipinski definition) is 1. The van der Waals surface area contributed by atoms with Crippen molar-refractivity contribution in [3.05, 3.63) is 0 Å². The van der Waals surface area contributed by atoms with Crippen LogP contribution in [0.3, 0.4) is 0 Å². The van der Waals surface area contributed by atoms with Crippen molar-refractivity contribution in [2.45, 2.75) is 76.7 Å². The summed E-state index contributed by atoms with van der Waals surface area (Å²) in [6.07, 6.45) is 14.7. The Bertz CT molecular complexity index is 166. The number of aliphatic hydroxyl groups is 1. The predicted octanol–water partition coefficient (Wildman–Crippen LogP) is 3.90. The fraction of sp³-hybridized carbons (Fsp3) is 1.00. The minimum atomic E-state index is 0.0173. The minimum absolute atomic E-state index is 0.0173. The molecule has 88 valence electrons. The molecular weight excluding hydrogens is 184 g/mol. The Morgan fingerprint density at radius 2 is 1.47 bits per heavy atom. The summed E-state index contributed by atoms with van der Waals surface area (Å²) in [5.74, 6) is 1.61. The van der Waals surface area contributed by atoms with E-state index in [-0.39, 0.29) is 6.10 Å². The lowest BCUT2D eigenvalue weighted by atomic mass is 9.85. The maximum atomic E-state index is 10.2. The Hall–Kier alpha value is -0.0400. The van der Waals surface area contributed by atoms with E-state index in [0.29, 0.717) is 5.92 Å². The summed E-state index contributed by atoms with van der Waals surface area (Å²) in [6.45, 7) is 0. The first-order valence-corrected chi connectivity index (χ1v) is 7.04. The standard InChI is InChI=1S/C14H26O/c15-14(11-10-12-8-9-12)13-6-4-2-1-3-5-7-13/h12-15H,1-11H2. The minimum Gasteiger partial charge on any atom is -0.393 e. The molecule has 1 heteroatoms. The molecule has 0 heterocycles. The zero-order valence-electron chi connectivity index (χ0n) is 9.96. The average molecular weight is 210 g/mol. The van der Waals surface area contributed by atoms with E-state index in [0.717, 1.165) is 12.3 Å². The van der Waals surface area contributed by atoms with Gasteiger partial charge in [0.05, 0.1) is 6.10 Å². The van der Waals surface area contributed by atoms with Gasteiger partial charge in [0.15, 0.2) is 0 Å². The third-order valence-electron chi connectivity index (χ3n) is 4.26. The summed E-state index contributed by atoms with van der Waals surface area (Å²) < 4.78 is 0. The van der Waals surface area contributed by atoms with E-state index >= 15 is 0 Å². The smallest absolute Gasteiger partial charge is 0.0568 e. The van der Waals surface area contributed by atoms with Crippen molar-refractivity contribution in [2.24, 2.45) is 11.8 Å². The molecule has 1 nitrogen and oxygen atoms in total. The van der Waals surface area contributed by atoms with Gasteiger partial charge >= 0.3 is 0 Å². The van der Waals surface area contributed by atoms with Crippen LogP contribution in [0, 0.1) is 11.8 Å². The van der Waals surface area contributed by atoms with Crippen molar-refractivity contribution in [3.63, 3.8) is 0 Å². The third kappa shape index (κ3) is 4.14. The van der Waals surface area contributed by atoms with Gasteiger partial charge in [-0.3, -0.25) is 0 Å². The summed E-state index contributed by atoms with van der Waals surface area (Å²) in [7, 11) is 0. The van der Waals surface area contributed by atoms with Gasteiger partial charge in [-0.2, -0.15) is 0 Å². The van der Waals surface area contributed by atoms with Crippen LogP contribution in [0.1, 0.15) is 70.6 Å². The zero-order valence-corrected chi connectivity index (χ0v) is 9.96. The third-order valence-corrected chi connectivity index (χ3v) is 4.26. The van der Waals surface area contributed by atoms with Crippen molar-refractivity contribution in [3.8, 4) is 0 Å². The quantitative estimate of drug-likeness (QED) is 0.746. The number of hydrogen-bond donors (Lipinski definition) is 1. The van der Waals surface area contributed by atoms with E-state index in [1.807, 2.05) is 0 Å². The van der Waals surface area contributed by atoms with Crippen LogP contribution in [0.5, 0.6) is 0 Å². The molecule has 2 aliphatic carbocycles. The highest BCUT2D eigenvalue weighted by molar-refractivity contribution is 4.77. The zero-order chi connectivity index (χ0) is 10.5. The van der Waals surface area contributed by atoms with Crippen molar-refractivity contribution >= 4 is 0 Å². The highest BCUT2D eigenvalue weighted by Gasteiger charge is 2.25. The fourth-order valence-electron chi connectivity index (χ4n) is 2.92. The lowest BCUT2D eigenvalue weighted by Crippen LogP contribution is -2.21. The molecule has 1 unspecified atom stereocenters. The van der Waals surface area contributed by atoms with Crippen molar-refractivity contribution in [2.75, 3.05) is 0 Å². The van der Waals surface area contributed by atoms with E-state index < -0.39 is 0 Å². The maximum absolute atomic E-state index is 10.2. The second kappa shape index (κ2) is 5.89. The highest BCUT2D eigenvalue weighted by atomic mass is 16.3. The van der Waals surface area contributed by atoms with Crippen LogP contribution < -0.4 is 0 Å². The van der Waals surface area contributed by atoms with Crippen molar-refractivity contribution < 1.29 is 5.11 Å². The van der Waals surface area contributed by atoms with Crippen LogP contribution in [0.2, 0.25) is 0 Å². The maximum Gasteiger partial charge on any atom is 0.0568 e. The van der Waals surface area contributed by atoms with Crippen LogP contribution in [-0.4, -0.2) is 11.2 Å². The van der Waals surface area contributed by atoms with Crippen LogP contribution >= 0.6 is 0 Å². The number of aliphatic hydroxyl groups excluding tert-OH is 1. The van der Waals surface area contributed by atoms with Crippen LogP contribution in [-0.2, 0) is 0 Å². The average Bonchev–Trinajstić information content (AvgIpc) is 2.97. The summed E-state index contributed by atoms with van der Waals surface area (Å²) in [4.78, 5) is 0. The monoisotopic (exact) mass is 210 g/mol. The molecule has 1 N–H and O–H groups in total. The van der Waals surface area contributed by atoms with Gasteiger partial charge in [-0.15, -0.1) is 0 Å². The molecule has 2 saturated carbocycles. The first-order valence-electron chi connectivity index (χ1n) is 7.04. The summed E-state index contributed by atoms with van der Waals surface area (Å²) in [5.41, 5.74) is 0. The summed E-state index contributed by atoms with van der Waals surface area (Å²) in [5, 5.41) is 10.2. The molecule has 0 spiro atoms. The van der Waals surface area contributed by atoms with E-state index in [9.17, 15) is 5.11 Å². The molecule has 0 aromatic rings. The summed E-state index contributed by atoms with van der Waals surface area (Å²) in [6, 6.07) is 0. The molecule has 0 amide bonds. The topological polar surface area (TPSA) is 20.2 Å². The van der Waals surface area contributed by atoms with E-state index in [1.165, 1.54) is 64.2 Å².